The SMILES string of the molecule is COc1ccc(-c2ccccc2)cc1C(=O)c1ccccc1. The van der Waals surface area contributed by atoms with Gasteiger partial charge in [0.2, 0.25) is 0 Å². The minimum atomic E-state index is -0.0322. The standard InChI is InChI=1S/C20H16O2/c1-22-19-13-12-17(15-8-4-2-5-9-15)14-18(19)20(21)16-10-6-3-7-11-16/h2-14H,1H3. The van der Waals surface area contributed by atoms with E-state index in [0.29, 0.717) is 16.9 Å². The minimum Gasteiger partial charge on any atom is -0.496 e. The van der Waals surface area contributed by atoms with Gasteiger partial charge < -0.3 is 4.74 Å². The van der Waals surface area contributed by atoms with Gasteiger partial charge in [0.1, 0.15) is 5.75 Å². The molecule has 0 heterocycles. The van der Waals surface area contributed by atoms with Crippen LogP contribution >= 0.6 is 0 Å². The lowest BCUT2D eigenvalue weighted by molar-refractivity contribution is 0.103. The third-order valence-electron chi connectivity index (χ3n) is 3.59. The van der Waals surface area contributed by atoms with Gasteiger partial charge in [0.05, 0.1) is 12.7 Å². The maximum Gasteiger partial charge on any atom is 0.196 e. The lowest BCUT2D eigenvalue weighted by Crippen LogP contribution is -2.04. The Morgan fingerprint density at radius 1 is 0.773 bits per heavy atom. The summed E-state index contributed by atoms with van der Waals surface area (Å²) in [6, 6.07) is 25.0. The molecule has 2 heteroatoms. The molecule has 0 saturated heterocycles. The molecule has 108 valence electrons. The number of rotatable bonds is 4. The molecule has 0 radical (unpaired) electrons. The fraction of sp³-hybridized carbons (Fsp3) is 0.0500. The molecular weight excluding hydrogens is 272 g/mol. The summed E-state index contributed by atoms with van der Waals surface area (Å²) in [6.07, 6.45) is 0. The smallest absolute Gasteiger partial charge is 0.196 e. The van der Waals surface area contributed by atoms with Crippen LogP contribution in [0.3, 0.4) is 0 Å². The van der Waals surface area contributed by atoms with Crippen LogP contribution in [0.5, 0.6) is 5.75 Å². The first-order valence-electron chi connectivity index (χ1n) is 7.13. The Hall–Kier alpha value is -2.87. The van der Waals surface area contributed by atoms with Crippen molar-refractivity contribution in [3.8, 4) is 16.9 Å². The fourth-order valence-electron chi connectivity index (χ4n) is 2.44. The van der Waals surface area contributed by atoms with Gasteiger partial charge in [-0.15, -0.1) is 0 Å². The molecule has 0 aromatic heterocycles. The van der Waals surface area contributed by atoms with E-state index in [-0.39, 0.29) is 5.78 Å². The number of ketones is 1. The monoisotopic (exact) mass is 288 g/mol. The van der Waals surface area contributed by atoms with Gasteiger partial charge in [-0.1, -0.05) is 66.7 Å². The predicted octanol–water partition coefficient (Wildman–Crippen LogP) is 4.59. The molecule has 0 amide bonds. The van der Waals surface area contributed by atoms with Crippen molar-refractivity contribution in [2.75, 3.05) is 7.11 Å². The van der Waals surface area contributed by atoms with Crippen LogP contribution in [0, 0.1) is 0 Å². The van der Waals surface area contributed by atoms with Crippen molar-refractivity contribution in [2.45, 2.75) is 0 Å². The van der Waals surface area contributed by atoms with E-state index >= 15 is 0 Å². The lowest BCUT2D eigenvalue weighted by atomic mass is 9.97. The third kappa shape index (κ3) is 2.77. The van der Waals surface area contributed by atoms with Gasteiger partial charge in [-0.05, 0) is 23.3 Å². The average Bonchev–Trinajstić information content (AvgIpc) is 2.62. The summed E-state index contributed by atoms with van der Waals surface area (Å²) >= 11 is 0. The number of hydrogen-bond acceptors (Lipinski definition) is 2. The highest BCUT2D eigenvalue weighted by molar-refractivity contribution is 6.11. The maximum absolute atomic E-state index is 12.7. The zero-order valence-electron chi connectivity index (χ0n) is 12.3. The summed E-state index contributed by atoms with van der Waals surface area (Å²) < 4.78 is 5.36. The van der Waals surface area contributed by atoms with Crippen molar-refractivity contribution in [1.29, 1.82) is 0 Å². The highest BCUT2D eigenvalue weighted by Crippen LogP contribution is 2.28. The summed E-state index contributed by atoms with van der Waals surface area (Å²) in [5.74, 6) is 0.559. The average molecular weight is 288 g/mol. The van der Waals surface area contributed by atoms with E-state index in [4.69, 9.17) is 4.74 Å². The first-order valence-corrected chi connectivity index (χ1v) is 7.13. The largest absolute Gasteiger partial charge is 0.496 e. The van der Waals surface area contributed by atoms with Crippen molar-refractivity contribution in [3.63, 3.8) is 0 Å². The number of ether oxygens (including phenoxy) is 1. The van der Waals surface area contributed by atoms with E-state index in [1.807, 2.05) is 78.9 Å². The summed E-state index contributed by atoms with van der Waals surface area (Å²) in [4.78, 5) is 12.7. The van der Waals surface area contributed by atoms with Gasteiger partial charge >= 0.3 is 0 Å². The van der Waals surface area contributed by atoms with Crippen molar-refractivity contribution in [2.24, 2.45) is 0 Å². The number of carbonyl (C=O) groups is 1. The minimum absolute atomic E-state index is 0.0322. The van der Waals surface area contributed by atoms with Crippen molar-refractivity contribution >= 4 is 5.78 Å². The van der Waals surface area contributed by atoms with Gasteiger partial charge in [0.25, 0.3) is 0 Å². The lowest BCUT2D eigenvalue weighted by Gasteiger charge is -2.10. The second kappa shape index (κ2) is 6.27. The Kier molecular flexibility index (Phi) is 4.01. The number of methoxy groups -OCH3 is 1. The van der Waals surface area contributed by atoms with Gasteiger partial charge in [0, 0.05) is 5.56 Å². The van der Waals surface area contributed by atoms with Gasteiger partial charge in [-0.25, -0.2) is 0 Å². The number of carbonyl (C=O) groups excluding carboxylic acids is 1. The third-order valence-corrected chi connectivity index (χ3v) is 3.59. The predicted molar refractivity (Wildman–Crippen MR) is 88.3 cm³/mol. The first-order chi connectivity index (χ1) is 10.8. The van der Waals surface area contributed by atoms with Crippen LogP contribution in [0.25, 0.3) is 11.1 Å². The number of benzene rings is 3. The van der Waals surface area contributed by atoms with Gasteiger partial charge in [-0.3, -0.25) is 4.79 Å². The highest BCUT2D eigenvalue weighted by atomic mass is 16.5. The molecule has 0 fully saturated rings. The number of hydrogen-bond donors (Lipinski definition) is 0. The van der Waals surface area contributed by atoms with Crippen LogP contribution in [-0.2, 0) is 0 Å². The molecule has 3 aromatic carbocycles. The quantitative estimate of drug-likeness (QED) is 0.656. The highest BCUT2D eigenvalue weighted by Gasteiger charge is 2.15. The maximum atomic E-state index is 12.7. The zero-order valence-corrected chi connectivity index (χ0v) is 12.3. The normalized spacial score (nSPS) is 10.2. The molecule has 0 aliphatic rings. The summed E-state index contributed by atoms with van der Waals surface area (Å²) in [7, 11) is 1.58. The van der Waals surface area contributed by atoms with Crippen molar-refractivity contribution in [1.82, 2.24) is 0 Å². The molecule has 0 aliphatic heterocycles. The van der Waals surface area contributed by atoms with Crippen LogP contribution in [0.4, 0.5) is 0 Å². The van der Waals surface area contributed by atoms with Crippen LogP contribution in [-0.4, -0.2) is 12.9 Å². The van der Waals surface area contributed by atoms with Crippen LogP contribution in [0.15, 0.2) is 78.9 Å². The molecule has 0 saturated carbocycles. The Bertz CT molecular complexity index is 777. The Morgan fingerprint density at radius 2 is 1.41 bits per heavy atom. The molecule has 0 atom stereocenters. The summed E-state index contributed by atoms with van der Waals surface area (Å²) in [5.41, 5.74) is 3.31. The summed E-state index contributed by atoms with van der Waals surface area (Å²) in [6.45, 7) is 0. The fourth-order valence-corrected chi connectivity index (χ4v) is 2.44. The Morgan fingerprint density at radius 3 is 2.05 bits per heavy atom. The van der Waals surface area contributed by atoms with Crippen LogP contribution in [0.1, 0.15) is 15.9 Å². The van der Waals surface area contributed by atoms with Crippen LogP contribution < -0.4 is 4.74 Å². The molecule has 3 rings (SSSR count). The van der Waals surface area contributed by atoms with E-state index in [0.717, 1.165) is 11.1 Å². The molecular formula is C20H16O2. The molecule has 3 aromatic rings. The van der Waals surface area contributed by atoms with Gasteiger partial charge in [-0.2, -0.15) is 0 Å². The van der Waals surface area contributed by atoms with E-state index in [2.05, 4.69) is 0 Å². The van der Waals surface area contributed by atoms with E-state index in [1.54, 1.807) is 7.11 Å². The molecule has 0 bridgehead atoms. The topological polar surface area (TPSA) is 26.3 Å². The zero-order chi connectivity index (χ0) is 15.4. The second-order valence-electron chi connectivity index (χ2n) is 4.98. The molecule has 0 unspecified atom stereocenters. The first kappa shape index (κ1) is 14.1. The molecule has 0 aliphatic carbocycles. The van der Waals surface area contributed by atoms with E-state index in [9.17, 15) is 4.79 Å². The molecule has 22 heavy (non-hydrogen) atoms. The molecule has 2 nitrogen and oxygen atoms in total. The van der Waals surface area contributed by atoms with E-state index < -0.39 is 0 Å². The Labute approximate surface area is 130 Å². The Balaban J connectivity index is 2.08. The molecule has 0 N–H and O–H groups in total. The van der Waals surface area contributed by atoms with Gasteiger partial charge in [0.15, 0.2) is 5.78 Å². The van der Waals surface area contributed by atoms with Crippen molar-refractivity contribution in [3.05, 3.63) is 90.0 Å². The second-order valence-corrected chi connectivity index (χ2v) is 4.98. The van der Waals surface area contributed by atoms with Crippen molar-refractivity contribution < 1.29 is 9.53 Å². The van der Waals surface area contributed by atoms with E-state index in [1.165, 1.54) is 0 Å². The summed E-state index contributed by atoms with van der Waals surface area (Å²) in [5, 5.41) is 0. The molecule has 0 spiro atoms. The van der Waals surface area contributed by atoms with Crippen LogP contribution in [0.2, 0.25) is 0 Å².